The Morgan fingerprint density at radius 1 is 1.33 bits per heavy atom. The third kappa shape index (κ3) is 3.43. The first-order valence-electron chi connectivity index (χ1n) is 7.06. The van der Waals surface area contributed by atoms with E-state index in [1.54, 1.807) is 19.1 Å². The van der Waals surface area contributed by atoms with Gasteiger partial charge in [-0.2, -0.15) is 0 Å². The maximum Gasteiger partial charge on any atom is 0.349 e. The number of aromatic nitrogens is 1. The highest BCUT2D eigenvalue weighted by atomic mass is 32.1. The Labute approximate surface area is 140 Å². The summed E-state index contributed by atoms with van der Waals surface area (Å²) < 4.78 is 23.9. The Morgan fingerprint density at radius 2 is 2.12 bits per heavy atom. The number of hydrogen-bond acceptors (Lipinski definition) is 6. The van der Waals surface area contributed by atoms with Gasteiger partial charge in [0.05, 0.1) is 0 Å². The van der Waals surface area contributed by atoms with Crippen LogP contribution in [0.4, 0.5) is 10.2 Å². The molecule has 0 spiro atoms. The Hall–Kier alpha value is -2.74. The predicted octanol–water partition coefficient (Wildman–Crippen LogP) is 3.52. The van der Waals surface area contributed by atoms with Crippen molar-refractivity contribution in [1.82, 2.24) is 5.16 Å². The number of hydrogen-bond donors (Lipinski definition) is 1. The molecule has 1 atom stereocenters. The van der Waals surface area contributed by atoms with Crippen LogP contribution in [0.5, 0.6) is 0 Å². The van der Waals surface area contributed by atoms with E-state index in [0.29, 0.717) is 16.0 Å². The summed E-state index contributed by atoms with van der Waals surface area (Å²) in [4.78, 5) is 24.4. The summed E-state index contributed by atoms with van der Waals surface area (Å²) in [7, 11) is 0. The number of fused-ring (bicyclic) bond motifs is 1. The zero-order chi connectivity index (χ0) is 17.3. The normalized spacial score (nSPS) is 12.1. The molecule has 124 valence electrons. The van der Waals surface area contributed by atoms with E-state index in [2.05, 4.69) is 10.5 Å². The molecule has 0 radical (unpaired) electrons. The van der Waals surface area contributed by atoms with Crippen molar-refractivity contribution in [2.24, 2.45) is 0 Å². The average molecular weight is 348 g/mol. The second-order valence-electron chi connectivity index (χ2n) is 5.15. The SMILES string of the molecule is Cc1cc(NC(=O)[C@@H](C)OC(=O)c2cc3cc(F)ccc3s2)no1. The minimum atomic E-state index is -1.02. The van der Waals surface area contributed by atoms with Crippen molar-refractivity contribution in [3.05, 3.63) is 46.8 Å². The van der Waals surface area contributed by atoms with Crippen LogP contribution in [0.3, 0.4) is 0 Å². The lowest BCUT2D eigenvalue weighted by Crippen LogP contribution is -2.29. The van der Waals surface area contributed by atoms with Crippen molar-refractivity contribution >= 4 is 39.1 Å². The molecule has 0 aliphatic heterocycles. The largest absolute Gasteiger partial charge is 0.448 e. The summed E-state index contributed by atoms with van der Waals surface area (Å²) in [5.74, 6) is -0.750. The number of halogens is 1. The van der Waals surface area contributed by atoms with E-state index in [9.17, 15) is 14.0 Å². The van der Waals surface area contributed by atoms with Gasteiger partial charge in [-0.05, 0) is 43.5 Å². The van der Waals surface area contributed by atoms with Gasteiger partial charge in [-0.3, -0.25) is 4.79 Å². The molecule has 24 heavy (non-hydrogen) atoms. The molecule has 0 saturated carbocycles. The molecule has 1 N–H and O–H groups in total. The molecule has 0 unspecified atom stereocenters. The summed E-state index contributed by atoms with van der Waals surface area (Å²) in [6, 6.07) is 7.34. The van der Waals surface area contributed by atoms with Crippen LogP contribution < -0.4 is 5.32 Å². The van der Waals surface area contributed by atoms with E-state index >= 15 is 0 Å². The van der Waals surface area contributed by atoms with Crippen LogP contribution in [0.25, 0.3) is 10.1 Å². The number of ether oxygens (including phenoxy) is 1. The van der Waals surface area contributed by atoms with Crippen molar-refractivity contribution in [2.75, 3.05) is 5.32 Å². The lowest BCUT2D eigenvalue weighted by atomic mass is 10.2. The maximum absolute atomic E-state index is 13.2. The molecule has 8 heteroatoms. The number of amides is 1. The maximum atomic E-state index is 13.2. The van der Waals surface area contributed by atoms with Gasteiger partial charge in [0.25, 0.3) is 5.91 Å². The molecule has 1 aromatic carbocycles. The molecule has 2 heterocycles. The molecule has 0 fully saturated rings. The monoisotopic (exact) mass is 348 g/mol. The first-order chi connectivity index (χ1) is 11.4. The third-order valence-electron chi connectivity index (χ3n) is 3.21. The summed E-state index contributed by atoms with van der Waals surface area (Å²) in [6.45, 7) is 3.14. The van der Waals surface area contributed by atoms with Gasteiger partial charge < -0.3 is 14.6 Å². The van der Waals surface area contributed by atoms with Gasteiger partial charge in [-0.1, -0.05) is 5.16 Å². The molecule has 1 amide bonds. The fraction of sp³-hybridized carbons (Fsp3) is 0.188. The fourth-order valence-corrected chi connectivity index (χ4v) is 2.97. The van der Waals surface area contributed by atoms with Gasteiger partial charge in [0, 0.05) is 10.8 Å². The van der Waals surface area contributed by atoms with Gasteiger partial charge in [-0.25, -0.2) is 9.18 Å². The van der Waals surface area contributed by atoms with Gasteiger partial charge >= 0.3 is 5.97 Å². The van der Waals surface area contributed by atoms with E-state index in [0.717, 1.165) is 4.70 Å². The number of aryl methyl sites for hydroxylation is 1. The standard InChI is InChI=1S/C16H13FN2O4S/c1-8-5-14(19-23-8)18-15(20)9(2)22-16(21)13-7-10-6-11(17)3-4-12(10)24-13/h3-7,9H,1-2H3,(H,18,19,20)/t9-/m1/s1. The fourth-order valence-electron chi connectivity index (χ4n) is 2.04. The molecule has 0 aliphatic carbocycles. The van der Waals surface area contributed by atoms with Crippen LogP contribution in [0, 0.1) is 12.7 Å². The van der Waals surface area contributed by atoms with E-state index in [1.807, 2.05) is 0 Å². The van der Waals surface area contributed by atoms with E-state index in [1.165, 1.54) is 36.5 Å². The number of thiophene rings is 1. The first-order valence-corrected chi connectivity index (χ1v) is 7.88. The highest BCUT2D eigenvalue weighted by Crippen LogP contribution is 2.27. The van der Waals surface area contributed by atoms with Crippen molar-refractivity contribution < 1.29 is 23.2 Å². The van der Waals surface area contributed by atoms with Crippen molar-refractivity contribution in [2.45, 2.75) is 20.0 Å². The van der Waals surface area contributed by atoms with Crippen LogP contribution in [-0.4, -0.2) is 23.1 Å². The molecule has 3 aromatic rings. The number of esters is 1. The zero-order valence-electron chi connectivity index (χ0n) is 12.8. The molecular weight excluding hydrogens is 335 g/mol. The molecule has 6 nitrogen and oxygen atoms in total. The van der Waals surface area contributed by atoms with Crippen LogP contribution in [0.2, 0.25) is 0 Å². The molecule has 2 aromatic heterocycles. The van der Waals surface area contributed by atoms with E-state index in [4.69, 9.17) is 9.26 Å². The smallest absolute Gasteiger partial charge is 0.349 e. The zero-order valence-corrected chi connectivity index (χ0v) is 13.6. The summed E-state index contributed by atoms with van der Waals surface area (Å²) >= 11 is 1.17. The minimum absolute atomic E-state index is 0.248. The van der Waals surface area contributed by atoms with Gasteiger partial charge in [0.2, 0.25) is 0 Å². The summed E-state index contributed by atoms with van der Waals surface area (Å²) in [6.07, 6.45) is -1.02. The number of carbonyl (C=O) groups excluding carboxylic acids is 2. The Bertz CT molecular complexity index is 918. The lowest BCUT2D eigenvalue weighted by Gasteiger charge is -2.11. The molecule has 0 saturated heterocycles. The Balaban J connectivity index is 1.67. The highest BCUT2D eigenvalue weighted by Gasteiger charge is 2.21. The number of benzene rings is 1. The number of rotatable bonds is 4. The topological polar surface area (TPSA) is 81.4 Å². The summed E-state index contributed by atoms with van der Waals surface area (Å²) in [5, 5.41) is 6.73. The van der Waals surface area contributed by atoms with Crippen LogP contribution in [0.15, 0.2) is 34.9 Å². The van der Waals surface area contributed by atoms with Crippen molar-refractivity contribution in [1.29, 1.82) is 0 Å². The predicted molar refractivity (Wildman–Crippen MR) is 86.5 cm³/mol. The van der Waals surface area contributed by atoms with Crippen LogP contribution in [0.1, 0.15) is 22.4 Å². The summed E-state index contributed by atoms with van der Waals surface area (Å²) in [5.41, 5.74) is 0. The van der Waals surface area contributed by atoms with Crippen LogP contribution in [-0.2, 0) is 9.53 Å². The first kappa shape index (κ1) is 16.1. The quantitative estimate of drug-likeness (QED) is 0.730. The van der Waals surface area contributed by atoms with Gasteiger partial charge in [-0.15, -0.1) is 11.3 Å². The van der Waals surface area contributed by atoms with Crippen molar-refractivity contribution in [3.8, 4) is 0 Å². The number of nitrogens with one attached hydrogen (secondary N) is 1. The van der Waals surface area contributed by atoms with E-state index < -0.39 is 18.0 Å². The molecule has 3 rings (SSSR count). The molecular formula is C16H13FN2O4S. The van der Waals surface area contributed by atoms with Gasteiger partial charge in [0.15, 0.2) is 11.9 Å². The molecule has 0 aliphatic rings. The lowest BCUT2D eigenvalue weighted by molar-refractivity contribution is -0.123. The second-order valence-corrected chi connectivity index (χ2v) is 6.24. The van der Waals surface area contributed by atoms with Gasteiger partial charge in [0.1, 0.15) is 16.5 Å². The van der Waals surface area contributed by atoms with E-state index in [-0.39, 0.29) is 11.6 Å². The average Bonchev–Trinajstić information content (AvgIpc) is 3.12. The number of carbonyl (C=O) groups is 2. The highest BCUT2D eigenvalue weighted by molar-refractivity contribution is 7.20. The van der Waals surface area contributed by atoms with Crippen LogP contribution >= 0.6 is 11.3 Å². The Morgan fingerprint density at radius 3 is 2.83 bits per heavy atom. The molecule has 0 bridgehead atoms. The van der Waals surface area contributed by atoms with Crippen molar-refractivity contribution in [3.63, 3.8) is 0 Å². The number of nitrogens with zero attached hydrogens (tertiary/aromatic N) is 1. The number of anilines is 1. The second kappa shape index (κ2) is 6.40. The minimum Gasteiger partial charge on any atom is -0.448 e. The third-order valence-corrected chi connectivity index (χ3v) is 4.31. The Kier molecular flexibility index (Phi) is 4.30.